The number of benzene rings is 1. The molecule has 0 fully saturated rings. The minimum Gasteiger partial charge on any atom is -0.332 e. The highest BCUT2D eigenvalue weighted by atomic mass is 32.1. The molecule has 1 aromatic heterocycles. The number of nitrogens with one attached hydrogen (secondary N) is 2. The van der Waals surface area contributed by atoms with Crippen LogP contribution in [0.5, 0.6) is 0 Å². The summed E-state index contributed by atoms with van der Waals surface area (Å²) in [6, 6.07) is 11.5. The average Bonchev–Trinajstić information content (AvgIpc) is 2.57. The van der Waals surface area contributed by atoms with E-state index < -0.39 is 0 Å². The molecule has 0 aliphatic heterocycles. The summed E-state index contributed by atoms with van der Waals surface area (Å²) >= 11 is 5.17. The van der Waals surface area contributed by atoms with Gasteiger partial charge in [0.05, 0.1) is 5.56 Å². The van der Waals surface area contributed by atoms with E-state index in [4.69, 9.17) is 12.2 Å². The summed E-state index contributed by atoms with van der Waals surface area (Å²) in [5, 5.41) is 5.93. The Labute approximate surface area is 142 Å². The number of anilines is 1. The van der Waals surface area contributed by atoms with Crippen LogP contribution in [0.25, 0.3) is 0 Å². The highest BCUT2D eigenvalue weighted by Crippen LogP contribution is 2.12. The number of carbonyl (C=O) groups excluding carboxylic acids is 1. The van der Waals surface area contributed by atoms with Crippen LogP contribution in [0.2, 0.25) is 0 Å². The normalized spacial score (nSPS) is 10.1. The van der Waals surface area contributed by atoms with Gasteiger partial charge >= 0.3 is 0 Å². The third-order valence-electron chi connectivity index (χ3n) is 3.43. The Hall–Kier alpha value is -2.27. The molecule has 5 heteroatoms. The maximum Gasteiger partial charge on any atom is 0.258 e. The van der Waals surface area contributed by atoms with Crippen LogP contribution in [0.3, 0.4) is 0 Å². The Kier molecular flexibility index (Phi) is 6.69. The molecule has 0 saturated carbocycles. The molecular weight excluding hydrogens is 306 g/mol. The first-order chi connectivity index (χ1) is 11.2. The second-order valence-electron chi connectivity index (χ2n) is 5.30. The predicted octanol–water partition coefficient (Wildman–Crippen LogP) is 3.94. The second-order valence-corrected chi connectivity index (χ2v) is 5.71. The molecule has 1 heterocycles. The van der Waals surface area contributed by atoms with Gasteiger partial charge in [0, 0.05) is 18.1 Å². The number of unbranched alkanes of at least 4 members (excludes halogenated alkanes) is 2. The number of aryl methyl sites for hydroxylation is 1. The van der Waals surface area contributed by atoms with Crippen LogP contribution in [0.4, 0.5) is 5.69 Å². The van der Waals surface area contributed by atoms with Crippen LogP contribution in [0.1, 0.15) is 42.1 Å². The largest absolute Gasteiger partial charge is 0.332 e. The van der Waals surface area contributed by atoms with Gasteiger partial charge in [0.2, 0.25) is 0 Å². The first kappa shape index (κ1) is 17.1. The minimum absolute atomic E-state index is 0.271. The Bertz CT molecular complexity index is 641. The molecule has 120 valence electrons. The summed E-state index contributed by atoms with van der Waals surface area (Å²) in [6.07, 6.45) is 7.91. The molecule has 0 spiro atoms. The summed E-state index contributed by atoms with van der Waals surface area (Å²) in [5.74, 6) is -0.271. The number of rotatable bonds is 6. The van der Waals surface area contributed by atoms with E-state index in [1.165, 1.54) is 31.0 Å². The molecule has 1 amide bonds. The molecule has 2 N–H and O–H groups in total. The number of pyridine rings is 1. The summed E-state index contributed by atoms with van der Waals surface area (Å²) in [5.41, 5.74) is 2.65. The zero-order valence-corrected chi connectivity index (χ0v) is 14.0. The Balaban J connectivity index is 1.84. The lowest BCUT2D eigenvalue weighted by Crippen LogP contribution is -2.34. The first-order valence-corrected chi connectivity index (χ1v) is 8.21. The quantitative estimate of drug-likeness (QED) is 0.623. The standard InChI is InChI=1S/C18H21N3OS/c1-2-3-4-6-14-8-10-16(11-9-14)20-18(23)21-17(22)15-7-5-12-19-13-15/h5,7-13H,2-4,6H2,1H3,(H2,20,21,22,23). The molecule has 4 nitrogen and oxygen atoms in total. The monoisotopic (exact) mass is 327 g/mol. The van der Waals surface area contributed by atoms with Crippen molar-refractivity contribution in [2.75, 3.05) is 5.32 Å². The smallest absolute Gasteiger partial charge is 0.258 e. The van der Waals surface area contributed by atoms with Crippen molar-refractivity contribution in [3.63, 3.8) is 0 Å². The molecular formula is C18H21N3OS. The van der Waals surface area contributed by atoms with Crippen LogP contribution in [-0.4, -0.2) is 16.0 Å². The third kappa shape index (κ3) is 5.79. The number of amides is 1. The second kappa shape index (κ2) is 9.00. The maximum absolute atomic E-state index is 12.0. The van der Waals surface area contributed by atoms with E-state index in [1.807, 2.05) is 12.1 Å². The van der Waals surface area contributed by atoms with Gasteiger partial charge in [0.15, 0.2) is 5.11 Å². The number of thiocarbonyl (C=S) groups is 1. The topological polar surface area (TPSA) is 54.0 Å². The summed E-state index contributed by atoms with van der Waals surface area (Å²) < 4.78 is 0. The zero-order chi connectivity index (χ0) is 16.5. The lowest BCUT2D eigenvalue weighted by Gasteiger charge is -2.10. The average molecular weight is 327 g/mol. The number of carbonyl (C=O) groups is 1. The fraction of sp³-hybridized carbons (Fsp3) is 0.278. The number of nitrogens with zero attached hydrogens (tertiary/aromatic N) is 1. The highest BCUT2D eigenvalue weighted by Gasteiger charge is 2.07. The van der Waals surface area contributed by atoms with E-state index in [1.54, 1.807) is 18.3 Å². The first-order valence-electron chi connectivity index (χ1n) is 7.80. The lowest BCUT2D eigenvalue weighted by molar-refractivity contribution is 0.0977. The van der Waals surface area contributed by atoms with Crippen LogP contribution in [-0.2, 0) is 6.42 Å². The van der Waals surface area contributed by atoms with E-state index in [0.717, 1.165) is 12.1 Å². The van der Waals surface area contributed by atoms with Crippen molar-refractivity contribution in [2.45, 2.75) is 32.6 Å². The van der Waals surface area contributed by atoms with Crippen molar-refractivity contribution in [3.05, 3.63) is 59.9 Å². The maximum atomic E-state index is 12.0. The fourth-order valence-corrected chi connectivity index (χ4v) is 2.38. The summed E-state index contributed by atoms with van der Waals surface area (Å²) in [4.78, 5) is 15.9. The van der Waals surface area contributed by atoms with E-state index in [-0.39, 0.29) is 11.0 Å². The molecule has 0 aliphatic carbocycles. The Morgan fingerprint density at radius 2 is 1.96 bits per heavy atom. The van der Waals surface area contributed by atoms with Gasteiger partial charge in [0.1, 0.15) is 0 Å². The number of hydrogen-bond donors (Lipinski definition) is 2. The molecule has 0 aliphatic rings. The van der Waals surface area contributed by atoms with E-state index in [2.05, 4.69) is 34.7 Å². The fourth-order valence-electron chi connectivity index (χ4n) is 2.17. The van der Waals surface area contributed by atoms with Gasteiger partial charge in [-0.2, -0.15) is 0 Å². The van der Waals surface area contributed by atoms with Crippen molar-refractivity contribution >= 4 is 28.9 Å². The predicted molar refractivity (Wildman–Crippen MR) is 97.6 cm³/mol. The van der Waals surface area contributed by atoms with E-state index in [0.29, 0.717) is 5.56 Å². The Morgan fingerprint density at radius 3 is 2.61 bits per heavy atom. The van der Waals surface area contributed by atoms with Crippen LogP contribution in [0.15, 0.2) is 48.8 Å². The van der Waals surface area contributed by atoms with Crippen LogP contribution in [0, 0.1) is 0 Å². The number of hydrogen-bond acceptors (Lipinski definition) is 3. The van der Waals surface area contributed by atoms with Gasteiger partial charge in [-0.25, -0.2) is 0 Å². The molecule has 0 atom stereocenters. The zero-order valence-electron chi connectivity index (χ0n) is 13.2. The molecule has 0 radical (unpaired) electrons. The lowest BCUT2D eigenvalue weighted by atomic mass is 10.1. The van der Waals surface area contributed by atoms with Gasteiger partial charge < -0.3 is 5.32 Å². The minimum atomic E-state index is -0.271. The molecule has 23 heavy (non-hydrogen) atoms. The van der Waals surface area contributed by atoms with E-state index in [9.17, 15) is 4.79 Å². The summed E-state index contributed by atoms with van der Waals surface area (Å²) in [6.45, 7) is 2.20. The van der Waals surface area contributed by atoms with E-state index >= 15 is 0 Å². The van der Waals surface area contributed by atoms with Gasteiger partial charge in [-0.1, -0.05) is 31.9 Å². The summed E-state index contributed by atoms with van der Waals surface area (Å²) in [7, 11) is 0. The van der Waals surface area contributed by atoms with Crippen LogP contribution >= 0.6 is 12.2 Å². The van der Waals surface area contributed by atoms with Crippen LogP contribution < -0.4 is 10.6 Å². The van der Waals surface area contributed by atoms with Crippen molar-refractivity contribution in [1.82, 2.24) is 10.3 Å². The van der Waals surface area contributed by atoms with Gasteiger partial charge in [-0.15, -0.1) is 0 Å². The van der Waals surface area contributed by atoms with Crippen molar-refractivity contribution in [1.29, 1.82) is 0 Å². The van der Waals surface area contributed by atoms with Crippen molar-refractivity contribution < 1.29 is 4.79 Å². The molecule has 2 rings (SSSR count). The molecule has 1 aromatic carbocycles. The third-order valence-corrected chi connectivity index (χ3v) is 3.64. The SMILES string of the molecule is CCCCCc1ccc(NC(=S)NC(=O)c2cccnc2)cc1. The molecule has 0 saturated heterocycles. The molecule has 0 unspecified atom stereocenters. The van der Waals surface area contributed by atoms with Crippen molar-refractivity contribution in [3.8, 4) is 0 Å². The number of aromatic nitrogens is 1. The molecule has 0 bridgehead atoms. The van der Waals surface area contributed by atoms with Gasteiger partial charge in [-0.05, 0) is 54.9 Å². The molecule has 2 aromatic rings. The van der Waals surface area contributed by atoms with Gasteiger partial charge in [0.25, 0.3) is 5.91 Å². The van der Waals surface area contributed by atoms with Gasteiger partial charge in [-0.3, -0.25) is 15.1 Å². The van der Waals surface area contributed by atoms with Crippen molar-refractivity contribution in [2.24, 2.45) is 0 Å². The Morgan fingerprint density at radius 1 is 1.17 bits per heavy atom. The highest BCUT2D eigenvalue weighted by molar-refractivity contribution is 7.80.